The van der Waals surface area contributed by atoms with E-state index in [1.165, 1.54) is 0 Å². The zero-order valence-corrected chi connectivity index (χ0v) is 9.20. The highest BCUT2D eigenvalue weighted by Gasteiger charge is 2.36. The van der Waals surface area contributed by atoms with Crippen LogP contribution in [0.3, 0.4) is 0 Å². The molecule has 92 valence electrons. The van der Waals surface area contributed by atoms with Crippen LogP contribution in [0.4, 0.5) is 13.2 Å². The minimum Gasteiger partial charge on any atom is -0.334 e. The summed E-state index contributed by atoms with van der Waals surface area (Å²) < 4.78 is 38.7. The van der Waals surface area contributed by atoms with Crippen molar-refractivity contribution in [1.29, 1.82) is 0 Å². The van der Waals surface area contributed by atoms with Gasteiger partial charge >= 0.3 is 6.18 Å². The zero-order valence-electron chi connectivity index (χ0n) is 9.20. The third-order valence-electron chi connectivity index (χ3n) is 2.67. The normalized spacial score (nSPS) is 14.2. The maximum Gasteiger partial charge on any atom is 0.403 e. The Morgan fingerprint density at radius 1 is 1.41 bits per heavy atom. The molecule has 1 heterocycles. The van der Waals surface area contributed by atoms with Crippen LogP contribution in [-0.2, 0) is 13.5 Å². The van der Waals surface area contributed by atoms with Gasteiger partial charge in [0.15, 0.2) is 0 Å². The first-order valence-electron chi connectivity index (χ1n) is 5.10. The van der Waals surface area contributed by atoms with Crippen LogP contribution in [-0.4, -0.2) is 21.8 Å². The molecule has 0 amide bonds. The van der Waals surface area contributed by atoms with Crippen LogP contribution in [0.15, 0.2) is 24.5 Å². The Morgan fingerprint density at radius 2 is 2.12 bits per heavy atom. The predicted octanol–water partition coefficient (Wildman–Crippen LogP) is 2.01. The van der Waals surface area contributed by atoms with Gasteiger partial charge in [-0.15, -0.1) is 0 Å². The number of aromatic nitrogens is 2. The number of rotatable bonds is 2. The van der Waals surface area contributed by atoms with Gasteiger partial charge in [0, 0.05) is 7.05 Å². The van der Waals surface area contributed by atoms with Crippen molar-refractivity contribution in [3.8, 4) is 0 Å². The quantitative estimate of drug-likeness (QED) is 0.876. The molecule has 0 aliphatic rings. The molecule has 0 saturated heterocycles. The first-order valence-corrected chi connectivity index (χ1v) is 5.10. The third kappa shape index (κ3) is 2.41. The first-order chi connectivity index (χ1) is 7.88. The van der Waals surface area contributed by atoms with E-state index in [0.717, 1.165) is 5.52 Å². The Morgan fingerprint density at radius 3 is 2.76 bits per heavy atom. The molecule has 0 bridgehead atoms. The molecule has 0 fully saturated rings. The van der Waals surface area contributed by atoms with Crippen LogP contribution >= 0.6 is 0 Å². The second kappa shape index (κ2) is 4.03. The van der Waals surface area contributed by atoms with Crippen LogP contribution in [0.1, 0.15) is 5.56 Å². The van der Waals surface area contributed by atoms with Gasteiger partial charge in [-0.05, 0) is 24.1 Å². The summed E-state index contributed by atoms with van der Waals surface area (Å²) in [6.07, 6.45) is -2.97. The fourth-order valence-electron chi connectivity index (χ4n) is 1.68. The van der Waals surface area contributed by atoms with Gasteiger partial charge < -0.3 is 10.3 Å². The SMILES string of the molecule is Cn1cnc2cc(CC(N)C(F)(F)F)ccc21. The zero-order chi connectivity index (χ0) is 12.6. The number of nitrogens with zero attached hydrogens (tertiary/aromatic N) is 2. The molecule has 0 radical (unpaired) electrons. The number of fused-ring (bicyclic) bond motifs is 1. The first kappa shape index (κ1) is 11.9. The third-order valence-corrected chi connectivity index (χ3v) is 2.67. The molecule has 0 aliphatic carbocycles. The average molecular weight is 243 g/mol. The van der Waals surface area contributed by atoms with E-state index >= 15 is 0 Å². The molecule has 1 atom stereocenters. The van der Waals surface area contributed by atoms with Crippen molar-refractivity contribution in [3.05, 3.63) is 30.1 Å². The van der Waals surface area contributed by atoms with Gasteiger partial charge in [0.1, 0.15) is 6.04 Å². The average Bonchev–Trinajstić information content (AvgIpc) is 2.59. The van der Waals surface area contributed by atoms with Gasteiger partial charge in [-0.2, -0.15) is 13.2 Å². The molecule has 3 nitrogen and oxygen atoms in total. The summed E-state index contributed by atoms with van der Waals surface area (Å²) in [7, 11) is 1.83. The summed E-state index contributed by atoms with van der Waals surface area (Å²) in [5, 5.41) is 0. The number of hydrogen-bond donors (Lipinski definition) is 1. The highest BCUT2D eigenvalue weighted by molar-refractivity contribution is 5.75. The number of nitrogens with two attached hydrogens (primary N) is 1. The second-order valence-electron chi connectivity index (χ2n) is 4.03. The largest absolute Gasteiger partial charge is 0.403 e. The summed E-state index contributed by atoms with van der Waals surface area (Å²) in [5.74, 6) is 0. The van der Waals surface area contributed by atoms with Crippen LogP contribution in [0.5, 0.6) is 0 Å². The maximum atomic E-state index is 12.3. The van der Waals surface area contributed by atoms with Crippen molar-refractivity contribution in [2.24, 2.45) is 12.8 Å². The minimum absolute atomic E-state index is 0.226. The summed E-state index contributed by atoms with van der Waals surface area (Å²) in [5.41, 5.74) is 7.19. The minimum atomic E-state index is -4.36. The Balaban J connectivity index is 2.25. The fraction of sp³-hybridized carbons (Fsp3) is 0.364. The van der Waals surface area contributed by atoms with Crippen LogP contribution in [0, 0.1) is 0 Å². The second-order valence-corrected chi connectivity index (χ2v) is 4.03. The smallest absolute Gasteiger partial charge is 0.334 e. The van der Waals surface area contributed by atoms with Crippen molar-refractivity contribution in [3.63, 3.8) is 0 Å². The topological polar surface area (TPSA) is 43.8 Å². The number of benzene rings is 1. The molecule has 1 unspecified atom stereocenters. The van der Waals surface area contributed by atoms with Crippen LogP contribution in [0.25, 0.3) is 11.0 Å². The maximum absolute atomic E-state index is 12.3. The molecular weight excluding hydrogens is 231 g/mol. The van der Waals surface area contributed by atoms with Crippen molar-refractivity contribution in [1.82, 2.24) is 9.55 Å². The molecule has 2 rings (SSSR count). The van der Waals surface area contributed by atoms with Crippen molar-refractivity contribution < 1.29 is 13.2 Å². The summed E-state index contributed by atoms with van der Waals surface area (Å²) in [6.45, 7) is 0. The Hall–Kier alpha value is -1.56. The van der Waals surface area contributed by atoms with E-state index in [9.17, 15) is 13.2 Å². The highest BCUT2D eigenvalue weighted by Crippen LogP contribution is 2.22. The van der Waals surface area contributed by atoms with Gasteiger partial charge in [0.25, 0.3) is 0 Å². The number of halogens is 3. The van der Waals surface area contributed by atoms with Crippen LogP contribution < -0.4 is 5.73 Å². The van der Waals surface area contributed by atoms with E-state index in [0.29, 0.717) is 11.1 Å². The lowest BCUT2D eigenvalue weighted by molar-refractivity contribution is -0.147. The van der Waals surface area contributed by atoms with E-state index in [2.05, 4.69) is 4.98 Å². The van der Waals surface area contributed by atoms with Gasteiger partial charge in [0.05, 0.1) is 17.4 Å². The summed E-state index contributed by atoms with van der Waals surface area (Å²) >= 11 is 0. The van der Waals surface area contributed by atoms with Gasteiger partial charge in [-0.25, -0.2) is 4.98 Å². The number of alkyl halides is 3. The van der Waals surface area contributed by atoms with E-state index in [4.69, 9.17) is 5.73 Å². The number of hydrogen-bond acceptors (Lipinski definition) is 2. The highest BCUT2D eigenvalue weighted by atomic mass is 19.4. The van der Waals surface area contributed by atoms with Gasteiger partial charge in [0.2, 0.25) is 0 Å². The molecule has 6 heteroatoms. The summed E-state index contributed by atoms with van der Waals surface area (Å²) in [4.78, 5) is 4.09. The van der Waals surface area contributed by atoms with E-state index < -0.39 is 12.2 Å². The van der Waals surface area contributed by atoms with Gasteiger partial charge in [-0.3, -0.25) is 0 Å². The monoisotopic (exact) mass is 243 g/mol. The Kier molecular flexibility index (Phi) is 2.82. The molecule has 1 aromatic carbocycles. The Labute approximate surface area is 96.0 Å². The lowest BCUT2D eigenvalue weighted by Gasteiger charge is -2.15. The molecule has 1 aromatic heterocycles. The molecule has 0 spiro atoms. The van der Waals surface area contributed by atoms with Crippen molar-refractivity contribution in [2.75, 3.05) is 0 Å². The molecule has 2 N–H and O–H groups in total. The van der Waals surface area contributed by atoms with Crippen LogP contribution in [0.2, 0.25) is 0 Å². The molecule has 2 aromatic rings. The van der Waals surface area contributed by atoms with Gasteiger partial charge in [-0.1, -0.05) is 6.07 Å². The lowest BCUT2D eigenvalue weighted by atomic mass is 10.1. The van der Waals surface area contributed by atoms with Crippen molar-refractivity contribution >= 4 is 11.0 Å². The van der Waals surface area contributed by atoms with Crippen molar-refractivity contribution in [2.45, 2.75) is 18.6 Å². The number of imidazole rings is 1. The molecule has 0 saturated carbocycles. The predicted molar refractivity (Wildman–Crippen MR) is 58.4 cm³/mol. The molecular formula is C11H12F3N3. The molecule has 17 heavy (non-hydrogen) atoms. The van der Waals surface area contributed by atoms with E-state index in [1.807, 2.05) is 11.6 Å². The fourth-order valence-corrected chi connectivity index (χ4v) is 1.68. The number of aryl methyl sites for hydroxylation is 1. The summed E-state index contributed by atoms with van der Waals surface area (Å²) in [6, 6.07) is 3.21. The lowest BCUT2D eigenvalue weighted by Crippen LogP contribution is -2.39. The van der Waals surface area contributed by atoms with E-state index in [-0.39, 0.29) is 6.42 Å². The Bertz CT molecular complexity index is 530. The molecule has 0 aliphatic heterocycles. The van der Waals surface area contributed by atoms with E-state index in [1.54, 1.807) is 24.5 Å². The standard InChI is InChI=1S/C11H12F3N3/c1-17-6-16-8-4-7(2-3-9(8)17)5-10(15)11(12,13)14/h2-4,6,10H,5,15H2,1H3.